The third kappa shape index (κ3) is 2.70. The number of urea groups is 1. The Bertz CT molecular complexity index is 777. The van der Waals surface area contributed by atoms with E-state index in [-0.39, 0.29) is 21.5 Å². The van der Waals surface area contributed by atoms with Crippen LogP contribution in [0.1, 0.15) is 12.8 Å². The average molecular weight is 371 g/mol. The molecular weight excluding hydrogens is 359 g/mol. The Balaban J connectivity index is 2.03. The maximum Gasteiger partial charge on any atom is 0.513 e. The number of fused-ring (bicyclic) bond motifs is 1. The number of anilines is 1. The van der Waals surface area contributed by atoms with Gasteiger partial charge in [0.2, 0.25) is 0 Å². The molecule has 0 aliphatic carbocycles. The molecule has 7 nitrogen and oxygen atoms in total. The minimum Gasteiger partial charge on any atom is -0.437 e. The number of amides is 3. The van der Waals surface area contributed by atoms with Crippen LogP contribution in [-0.2, 0) is 9.53 Å². The smallest absolute Gasteiger partial charge is 0.437 e. The summed E-state index contributed by atoms with van der Waals surface area (Å²) in [6.07, 6.45) is 2.24. The first-order chi connectivity index (χ1) is 11.4. The molecule has 0 atom stereocenters. The molecule has 0 saturated carbocycles. The number of hydrogen-bond donors (Lipinski definition) is 0. The van der Waals surface area contributed by atoms with Crippen molar-refractivity contribution in [1.82, 2.24) is 4.90 Å². The molecule has 1 saturated heterocycles. The number of halogens is 2. The van der Waals surface area contributed by atoms with E-state index in [9.17, 15) is 14.4 Å². The van der Waals surface area contributed by atoms with Crippen LogP contribution >= 0.6 is 23.2 Å². The standard InChI is InChI=1S/C15H12Cl2N2O5/c1-23-15(22)24-12-7-11(8(16)6-9(12)17)19-13(20)10-4-2-3-5-18(10)14(19)21/h4,6-7H,2-3,5H2,1H3. The van der Waals surface area contributed by atoms with E-state index in [2.05, 4.69) is 4.74 Å². The highest BCUT2D eigenvalue weighted by molar-refractivity contribution is 6.39. The molecule has 1 fully saturated rings. The van der Waals surface area contributed by atoms with Crippen LogP contribution in [-0.4, -0.2) is 36.6 Å². The molecule has 1 aromatic carbocycles. The van der Waals surface area contributed by atoms with Crippen molar-refractivity contribution >= 4 is 47.0 Å². The molecule has 2 aliphatic rings. The van der Waals surface area contributed by atoms with Crippen molar-refractivity contribution in [3.05, 3.63) is 34.0 Å². The third-order valence-electron chi connectivity index (χ3n) is 3.66. The summed E-state index contributed by atoms with van der Waals surface area (Å²) in [6, 6.07) is 2.05. The topological polar surface area (TPSA) is 76.2 Å². The van der Waals surface area contributed by atoms with Gasteiger partial charge in [0.1, 0.15) is 5.70 Å². The summed E-state index contributed by atoms with van der Waals surface area (Å²) in [5.74, 6) is -0.546. The second-order valence-corrected chi connectivity index (χ2v) is 5.91. The molecule has 0 spiro atoms. The Morgan fingerprint density at radius 2 is 1.96 bits per heavy atom. The maximum absolute atomic E-state index is 12.5. The number of carbonyl (C=O) groups excluding carboxylic acids is 3. The number of imide groups is 1. The molecule has 0 N–H and O–H groups in total. The van der Waals surface area contributed by atoms with Crippen molar-refractivity contribution in [3.8, 4) is 5.75 Å². The number of nitrogens with zero attached hydrogens (tertiary/aromatic N) is 2. The van der Waals surface area contributed by atoms with Crippen LogP contribution in [0.3, 0.4) is 0 Å². The molecular formula is C15H12Cl2N2O5. The summed E-state index contributed by atoms with van der Waals surface area (Å²) in [6.45, 7) is 0.462. The van der Waals surface area contributed by atoms with E-state index in [0.717, 1.165) is 24.9 Å². The highest BCUT2D eigenvalue weighted by atomic mass is 35.5. The monoisotopic (exact) mass is 370 g/mol. The Kier molecular flexibility index (Phi) is 4.38. The van der Waals surface area contributed by atoms with Gasteiger partial charge in [-0.15, -0.1) is 0 Å². The second kappa shape index (κ2) is 6.33. The Morgan fingerprint density at radius 3 is 2.62 bits per heavy atom. The van der Waals surface area contributed by atoms with Crippen molar-refractivity contribution < 1.29 is 23.9 Å². The van der Waals surface area contributed by atoms with Gasteiger partial charge in [-0.2, -0.15) is 0 Å². The van der Waals surface area contributed by atoms with Crippen molar-refractivity contribution in [2.24, 2.45) is 0 Å². The molecule has 126 valence electrons. The number of ether oxygens (including phenoxy) is 2. The summed E-state index contributed by atoms with van der Waals surface area (Å²) in [5, 5.41) is 0.129. The summed E-state index contributed by atoms with van der Waals surface area (Å²) < 4.78 is 9.32. The van der Waals surface area contributed by atoms with Gasteiger partial charge in [-0.25, -0.2) is 14.5 Å². The van der Waals surface area contributed by atoms with E-state index in [1.165, 1.54) is 17.0 Å². The summed E-state index contributed by atoms with van der Waals surface area (Å²) in [4.78, 5) is 38.7. The Morgan fingerprint density at radius 1 is 1.21 bits per heavy atom. The van der Waals surface area contributed by atoms with Gasteiger partial charge in [-0.1, -0.05) is 29.3 Å². The number of hydrogen-bond acceptors (Lipinski definition) is 5. The highest BCUT2D eigenvalue weighted by Gasteiger charge is 2.43. The van der Waals surface area contributed by atoms with Crippen LogP contribution in [0.4, 0.5) is 15.3 Å². The first kappa shape index (κ1) is 16.6. The van der Waals surface area contributed by atoms with Gasteiger partial charge >= 0.3 is 12.2 Å². The predicted octanol–water partition coefficient (Wildman–Crippen LogP) is 3.58. The first-order valence-electron chi connectivity index (χ1n) is 7.05. The van der Waals surface area contributed by atoms with Crippen LogP contribution in [0.25, 0.3) is 0 Å². The largest absolute Gasteiger partial charge is 0.513 e. The number of methoxy groups -OCH3 is 1. The molecule has 9 heteroatoms. The summed E-state index contributed by atoms with van der Waals surface area (Å²) in [7, 11) is 1.14. The van der Waals surface area contributed by atoms with E-state index in [4.69, 9.17) is 27.9 Å². The van der Waals surface area contributed by atoms with Crippen LogP contribution in [0, 0.1) is 0 Å². The van der Waals surface area contributed by atoms with E-state index in [1.807, 2.05) is 0 Å². The van der Waals surface area contributed by atoms with Gasteiger partial charge in [0.05, 0.1) is 22.8 Å². The van der Waals surface area contributed by atoms with Crippen LogP contribution < -0.4 is 9.64 Å². The average Bonchev–Trinajstić information content (AvgIpc) is 2.82. The Hall–Kier alpha value is -2.25. The number of allylic oxidation sites excluding steroid dienone is 1. The molecule has 0 bridgehead atoms. The fourth-order valence-electron chi connectivity index (χ4n) is 2.55. The fraction of sp³-hybridized carbons (Fsp3) is 0.267. The minimum absolute atomic E-state index is 0.0465. The molecule has 0 radical (unpaired) electrons. The lowest BCUT2D eigenvalue weighted by atomic mass is 10.2. The van der Waals surface area contributed by atoms with E-state index in [1.54, 1.807) is 6.08 Å². The zero-order valence-electron chi connectivity index (χ0n) is 12.5. The molecule has 0 unspecified atom stereocenters. The van der Waals surface area contributed by atoms with Crippen LogP contribution in [0.5, 0.6) is 5.75 Å². The zero-order valence-corrected chi connectivity index (χ0v) is 14.1. The molecule has 24 heavy (non-hydrogen) atoms. The molecule has 2 heterocycles. The van der Waals surface area contributed by atoms with Crippen LogP contribution in [0.15, 0.2) is 23.9 Å². The summed E-state index contributed by atoms with van der Waals surface area (Å²) >= 11 is 12.1. The van der Waals surface area contributed by atoms with Gasteiger partial charge in [0.15, 0.2) is 5.75 Å². The van der Waals surface area contributed by atoms with E-state index in [0.29, 0.717) is 12.2 Å². The van der Waals surface area contributed by atoms with Gasteiger partial charge in [0, 0.05) is 12.6 Å². The van der Waals surface area contributed by atoms with Gasteiger partial charge < -0.3 is 9.47 Å². The zero-order chi connectivity index (χ0) is 17.4. The molecule has 1 aromatic rings. The number of rotatable bonds is 2. The SMILES string of the molecule is COC(=O)Oc1cc(N2C(=O)C3=CCCCN3C2=O)c(Cl)cc1Cl. The normalized spacial score (nSPS) is 16.9. The predicted molar refractivity (Wildman–Crippen MR) is 86.4 cm³/mol. The molecule has 3 amide bonds. The van der Waals surface area contributed by atoms with Gasteiger partial charge in [0.25, 0.3) is 5.91 Å². The van der Waals surface area contributed by atoms with Crippen molar-refractivity contribution in [1.29, 1.82) is 0 Å². The van der Waals surface area contributed by atoms with Crippen molar-refractivity contribution in [3.63, 3.8) is 0 Å². The van der Waals surface area contributed by atoms with Gasteiger partial charge in [-0.3, -0.25) is 9.69 Å². The van der Waals surface area contributed by atoms with Gasteiger partial charge in [-0.05, 0) is 18.9 Å². The molecule has 0 aromatic heterocycles. The maximum atomic E-state index is 12.5. The molecule has 3 rings (SSSR count). The Labute approximate surface area is 147 Å². The van der Waals surface area contributed by atoms with Crippen molar-refractivity contribution in [2.45, 2.75) is 12.8 Å². The fourth-order valence-corrected chi connectivity index (χ4v) is 3.06. The lowest BCUT2D eigenvalue weighted by Gasteiger charge is -2.20. The summed E-state index contributed by atoms with van der Waals surface area (Å²) in [5.41, 5.74) is 0.415. The van der Waals surface area contributed by atoms with Crippen molar-refractivity contribution in [2.75, 3.05) is 18.6 Å². The third-order valence-corrected chi connectivity index (χ3v) is 4.26. The lowest BCUT2D eigenvalue weighted by molar-refractivity contribution is -0.114. The first-order valence-corrected chi connectivity index (χ1v) is 7.80. The molecule has 2 aliphatic heterocycles. The second-order valence-electron chi connectivity index (χ2n) is 5.10. The van der Waals surface area contributed by atoms with E-state index < -0.39 is 18.1 Å². The minimum atomic E-state index is -0.982. The van der Waals surface area contributed by atoms with E-state index >= 15 is 0 Å². The number of benzene rings is 1. The quantitative estimate of drug-likeness (QED) is 0.451. The van der Waals surface area contributed by atoms with Crippen LogP contribution in [0.2, 0.25) is 10.0 Å². The lowest BCUT2D eigenvalue weighted by Crippen LogP contribution is -2.34. The highest BCUT2D eigenvalue weighted by Crippen LogP contribution is 2.40. The number of carbonyl (C=O) groups is 3.